The summed E-state index contributed by atoms with van der Waals surface area (Å²) >= 11 is 0. The topological polar surface area (TPSA) is 31.2 Å². The molecule has 1 fully saturated rings. The van der Waals surface area contributed by atoms with E-state index in [9.17, 15) is 4.79 Å². The Balaban J connectivity index is 0. The fourth-order valence-electron chi connectivity index (χ4n) is 0.671. The molecule has 0 radical (unpaired) electrons. The van der Waals surface area contributed by atoms with Crippen LogP contribution in [-0.4, -0.2) is 12.5 Å². The normalized spacial score (nSPS) is 15.6. The van der Waals surface area contributed by atoms with Crippen LogP contribution in [0.1, 0.15) is 33.1 Å². The van der Waals surface area contributed by atoms with Crippen molar-refractivity contribution in [3.63, 3.8) is 0 Å². The summed E-state index contributed by atoms with van der Waals surface area (Å²) in [6, 6.07) is 0. The molecule has 1 amide bonds. The molecule has 0 aromatic heterocycles. The van der Waals surface area contributed by atoms with Gasteiger partial charge in [0.2, 0.25) is 0 Å². The summed E-state index contributed by atoms with van der Waals surface area (Å²) < 4.78 is 0. The monoisotopic (exact) mass is 395 g/mol. The van der Waals surface area contributed by atoms with Crippen LogP contribution < -0.4 is 0 Å². The van der Waals surface area contributed by atoms with Gasteiger partial charge in [-0.2, -0.15) is 0 Å². The summed E-state index contributed by atoms with van der Waals surface area (Å²) in [6.07, 6.45) is 2.83. The Hall–Kier alpha value is -1.53. The Morgan fingerprint density at radius 1 is 1.30 bits per heavy atom. The second kappa shape index (κ2) is 7.47. The van der Waals surface area contributed by atoms with Gasteiger partial charge in [-0.25, -0.2) is 0 Å². The predicted molar refractivity (Wildman–Crippen MR) is 38.4 cm³/mol. The smallest absolute Gasteiger partial charge is 0.0511 e. The number of carbonyl (C=O) groups is 1. The molecule has 10 heavy (non-hydrogen) atoms. The van der Waals surface area contributed by atoms with Crippen molar-refractivity contribution in [2.24, 2.45) is 0 Å². The van der Waals surface area contributed by atoms with E-state index in [4.69, 9.17) is 0 Å². The molecule has 1 aliphatic rings. The van der Waals surface area contributed by atoms with Gasteiger partial charge in [-0.3, -0.25) is 0 Å². The van der Waals surface area contributed by atoms with Gasteiger partial charge in [0.1, 0.15) is 0 Å². The average molecular weight is 395 g/mol. The van der Waals surface area contributed by atoms with Gasteiger partial charge >= 0.3 is 0 Å². The molecule has 1 heterocycles. The molecule has 0 aromatic carbocycles. The Labute approximate surface area is 56.6 Å². The van der Waals surface area contributed by atoms with Crippen molar-refractivity contribution in [2.45, 2.75) is 33.1 Å². The molecule has 0 spiro atoms. The van der Waals surface area contributed by atoms with Crippen molar-refractivity contribution in [3.05, 3.63) is 5.32 Å². The average Bonchev–Trinajstić information content (AvgIpc) is 1.94. The number of nitrogens with zero attached hydrogens (tertiary/aromatic N) is 1. The van der Waals surface area contributed by atoms with E-state index in [1.165, 1.54) is 0 Å². The van der Waals surface area contributed by atoms with E-state index < -0.39 is 0 Å². The predicted octanol–water partition coefficient (Wildman–Crippen LogP) is 2.10. The third-order valence-corrected chi connectivity index (χ3v) is 1.09. The van der Waals surface area contributed by atoms with Crippen LogP contribution in [0.2, 0.25) is 0 Å². The van der Waals surface area contributed by atoms with Crippen LogP contribution in [-0.2, 0) is 4.79 Å². The Morgan fingerprint density at radius 3 is 2.10 bits per heavy atom. The maximum Gasteiger partial charge on any atom is 0.0511 e. The Bertz CT molecular complexity index is 77.7. The van der Waals surface area contributed by atoms with Crippen molar-refractivity contribution in [3.8, 4) is 0 Å². The molecule has 1 aliphatic heterocycles. The van der Waals surface area contributed by atoms with E-state index in [1.54, 1.807) is 0 Å². The largest absolute Gasteiger partial charge is 0.653 e. The van der Waals surface area contributed by atoms with Crippen LogP contribution in [0.5, 0.6) is 0 Å². The SMILES string of the molecule is CC.O=C1CCCC[N-]1.[Rf]. The molecule has 0 bridgehead atoms. The zero-order valence-corrected chi connectivity index (χ0v) is 13.3. The molecule has 0 aliphatic carbocycles. The first-order valence-corrected chi connectivity index (χ1v) is 3.60. The molecule has 0 unspecified atom stereocenters. The molecule has 0 aromatic rings. The van der Waals surface area contributed by atoms with Crippen molar-refractivity contribution in [2.75, 3.05) is 6.54 Å². The Kier molecular flexibility index (Phi) is 8.43. The third kappa shape index (κ3) is 4.62. The van der Waals surface area contributed by atoms with E-state index in [0.717, 1.165) is 19.4 Å². The molecule has 0 N–H and O–H groups in total. The molecule has 0 atom stereocenters. The molecule has 56 valence electrons. The van der Waals surface area contributed by atoms with Gasteiger partial charge in [0, 0.05) is 0 Å². The zero-order valence-electron chi connectivity index (χ0n) is 6.89. The van der Waals surface area contributed by atoms with E-state index in [2.05, 4.69) is 5.32 Å². The van der Waals surface area contributed by atoms with Gasteiger partial charge in [-0.05, 0) is 12.8 Å². The maximum absolute atomic E-state index is 10.3. The van der Waals surface area contributed by atoms with Crippen molar-refractivity contribution in [1.82, 2.24) is 0 Å². The fourth-order valence-corrected chi connectivity index (χ4v) is 0.671. The number of carbonyl (C=O) groups excluding carboxylic acids is 1. The van der Waals surface area contributed by atoms with Gasteiger partial charge in [-0.1, -0.05) is 20.3 Å². The number of amides is 1. The third-order valence-electron chi connectivity index (χ3n) is 1.09. The standard InChI is InChI=1S/C5H9NO.C2H6.Rf/c7-5-3-1-2-4-6-5;1-2;/h1-4H2,(H,6,7);1-2H3;/p-1. The summed E-state index contributed by atoms with van der Waals surface area (Å²) in [5.41, 5.74) is 0. The van der Waals surface area contributed by atoms with Crippen molar-refractivity contribution < 1.29 is 4.79 Å². The van der Waals surface area contributed by atoms with Crippen LogP contribution in [0.4, 0.5) is 0 Å². The number of hydrogen-bond acceptors (Lipinski definition) is 1. The molecular formula is C7H14NORf-. The molecule has 1 rings (SSSR count). The van der Waals surface area contributed by atoms with Gasteiger partial charge in [0.25, 0.3) is 0 Å². The van der Waals surface area contributed by atoms with E-state index in [0.29, 0.717) is 6.42 Å². The van der Waals surface area contributed by atoms with Crippen LogP contribution in [0, 0.1) is 0 Å². The second-order valence-electron chi connectivity index (χ2n) is 1.73. The van der Waals surface area contributed by atoms with Crippen LogP contribution in [0.3, 0.4) is 0 Å². The summed E-state index contributed by atoms with van der Waals surface area (Å²) in [7, 11) is 0. The molecule has 0 saturated carbocycles. The van der Waals surface area contributed by atoms with E-state index >= 15 is 0 Å². The minimum atomic E-state index is 0. The summed E-state index contributed by atoms with van der Waals surface area (Å²) in [5, 5.41) is 3.69. The number of piperidine rings is 1. The van der Waals surface area contributed by atoms with Gasteiger partial charge in [0.05, 0.1) is 5.91 Å². The Morgan fingerprint density at radius 2 is 1.90 bits per heavy atom. The molecule has 1 saturated heterocycles. The van der Waals surface area contributed by atoms with Gasteiger partial charge in [-0.15, -0.1) is 6.54 Å². The first-order chi connectivity index (χ1) is 4.39. The fraction of sp³-hybridized carbons (Fsp3) is 0.857. The van der Waals surface area contributed by atoms with Crippen molar-refractivity contribution in [1.29, 1.82) is 0 Å². The van der Waals surface area contributed by atoms with Crippen LogP contribution in [0.15, 0.2) is 0 Å². The second-order valence-corrected chi connectivity index (χ2v) is 1.73. The summed E-state index contributed by atoms with van der Waals surface area (Å²) in [4.78, 5) is 10.3. The van der Waals surface area contributed by atoms with E-state index in [1.807, 2.05) is 13.8 Å². The van der Waals surface area contributed by atoms with E-state index in [-0.39, 0.29) is 5.91 Å². The van der Waals surface area contributed by atoms with Gasteiger partial charge in [0.15, 0.2) is 0 Å². The van der Waals surface area contributed by atoms with Gasteiger partial charge < -0.3 is 10.1 Å². The number of rotatable bonds is 0. The minimum Gasteiger partial charge on any atom is -0.653 e. The molecular weight excluding hydrogens is 381 g/mol. The molecule has 3 heteroatoms. The summed E-state index contributed by atoms with van der Waals surface area (Å²) in [5.74, 6) is 0.0891. The zero-order chi connectivity index (χ0) is 7.11. The number of hydrogen-bond donors (Lipinski definition) is 0. The molecule has 2 nitrogen and oxygen atoms in total. The first-order valence-electron chi connectivity index (χ1n) is 3.60. The maximum atomic E-state index is 10.3. The van der Waals surface area contributed by atoms with Crippen LogP contribution >= 0.6 is 0 Å². The van der Waals surface area contributed by atoms with Crippen LogP contribution in [0.25, 0.3) is 5.32 Å². The quantitative estimate of drug-likeness (QED) is 0.618. The summed E-state index contributed by atoms with van der Waals surface area (Å²) in [6.45, 7) is 4.76. The van der Waals surface area contributed by atoms with Crippen molar-refractivity contribution >= 4 is 5.91 Å². The first kappa shape index (κ1) is 11.3. The minimum absolute atomic E-state index is 0.